The van der Waals surface area contributed by atoms with Crippen molar-refractivity contribution in [3.05, 3.63) is 0 Å². The highest BCUT2D eigenvalue weighted by Crippen LogP contribution is 1.87. The third-order valence-corrected chi connectivity index (χ3v) is 1.84. The summed E-state index contributed by atoms with van der Waals surface area (Å²) in [6.45, 7) is 0.642. The van der Waals surface area contributed by atoms with Crippen LogP contribution >= 0.6 is 0 Å². The Hall–Kier alpha value is -0.250. The molecule has 0 aromatic heterocycles. The highest BCUT2D eigenvalue weighted by atomic mass is 32.2. The van der Waals surface area contributed by atoms with Gasteiger partial charge >= 0.3 is 10.3 Å². The van der Waals surface area contributed by atoms with Crippen molar-refractivity contribution >= 4 is 10.3 Å². The lowest BCUT2D eigenvalue weighted by atomic mass is 10.4. The molecule has 14 heavy (non-hydrogen) atoms. The van der Waals surface area contributed by atoms with E-state index in [4.69, 9.17) is 20.1 Å². The van der Waals surface area contributed by atoms with Gasteiger partial charge in [0, 0.05) is 13.2 Å². The quantitative estimate of drug-likeness (QED) is 0.284. The smallest absolute Gasteiger partial charge is 0.333 e. The molecule has 0 aliphatic heterocycles. The van der Waals surface area contributed by atoms with E-state index in [9.17, 15) is 8.42 Å². The van der Waals surface area contributed by atoms with Crippen molar-refractivity contribution < 1.29 is 22.8 Å². The summed E-state index contributed by atoms with van der Waals surface area (Å²) < 4.78 is 35.3. The van der Waals surface area contributed by atoms with Crippen molar-refractivity contribution in [1.82, 2.24) is 4.72 Å². The molecule has 0 aromatic rings. The van der Waals surface area contributed by atoms with Gasteiger partial charge in [-0.1, -0.05) is 0 Å². The van der Waals surface area contributed by atoms with Crippen molar-refractivity contribution in [2.75, 3.05) is 26.3 Å². The first kappa shape index (κ1) is 13.8. The summed E-state index contributed by atoms with van der Waals surface area (Å²) in [5, 5.41) is 9.12. The van der Waals surface area contributed by atoms with Gasteiger partial charge in [-0.3, -0.25) is 4.55 Å². The topological polar surface area (TPSA) is 122 Å². The van der Waals surface area contributed by atoms with Crippen LogP contribution in [0.3, 0.4) is 0 Å². The third-order valence-electron chi connectivity index (χ3n) is 1.30. The molecule has 8 heteroatoms. The zero-order valence-corrected chi connectivity index (χ0v) is 8.53. The molecule has 7 nitrogen and oxygen atoms in total. The van der Waals surface area contributed by atoms with E-state index in [0.717, 1.165) is 0 Å². The Morgan fingerprint density at radius 1 is 1.50 bits per heavy atom. The Morgan fingerprint density at radius 3 is 2.64 bits per heavy atom. The van der Waals surface area contributed by atoms with Crippen molar-refractivity contribution in [3.8, 4) is 0 Å². The number of aliphatic hydroxyl groups excluding tert-OH is 1. The van der Waals surface area contributed by atoms with E-state index in [1.807, 2.05) is 0 Å². The molecule has 0 rings (SSSR count). The minimum Gasteiger partial charge on any atom is -0.389 e. The second-order valence-corrected chi connectivity index (χ2v) is 3.93. The van der Waals surface area contributed by atoms with E-state index in [0.29, 0.717) is 19.6 Å². The molecule has 0 saturated heterocycles. The Labute approximate surface area is 83.1 Å². The number of hydrogen-bond donors (Lipinski definition) is 4. The standard InChI is InChI=1S/C6H16N2O5S/c7-2-1-3-13-5-6(9)4-8-14(10,11)12/h6,8-9H,1-5,7H2,(H,10,11,12). The fourth-order valence-corrected chi connectivity index (χ4v) is 1.07. The number of hydrogen-bond acceptors (Lipinski definition) is 5. The highest BCUT2D eigenvalue weighted by molar-refractivity contribution is 7.83. The molecule has 0 heterocycles. The summed E-state index contributed by atoms with van der Waals surface area (Å²) >= 11 is 0. The maximum atomic E-state index is 10.2. The van der Waals surface area contributed by atoms with Crippen LogP contribution < -0.4 is 10.5 Å². The first-order valence-corrected chi connectivity index (χ1v) is 5.57. The van der Waals surface area contributed by atoms with E-state index < -0.39 is 16.4 Å². The number of ether oxygens (including phenoxy) is 1. The minimum absolute atomic E-state index is 0.00250. The Kier molecular flexibility index (Phi) is 6.97. The van der Waals surface area contributed by atoms with Gasteiger partial charge in [0.2, 0.25) is 0 Å². The molecular weight excluding hydrogens is 212 g/mol. The van der Waals surface area contributed by atoms with Crippen molar-refractivity contribution in [2.45, 2.75) is 12.5 Å². The lowest BCUT2D eigenvalue weighted by molar-refractivity contribution is 0.0390. The van der Waals surface area contributed by atoms with E-state index in [2.05, 4.69) is 0 Å². The number of rotatable bonds is 8. The monoisotopic (exact) mass is 228 g/mol. The minimum atomic E-state index is -4.24. The first-order chi connectivity index (χ1) is 6.45. The molecular formula is C6H16N2O5S. The van der Waals surface area contributed by atoms with Gasteiger partial charge in [-0.2, -0.15) is 13.1 Å². The summed E-state index contributed by atoms with van der Waals surface area (Å²) in [5.74, 6) is 0. The van der Waals surface area contributed by atoms with Gasteiger partial charge < -0.3 is 15.6 Å². The van der Waals surface area contributed by atoms with Gasteiger partial charge in [0.25, 0.3) is 0 Å². The van der Waals surface area contributed by atoms with Gasteiger partial charge in [-0.05, 0) is 13.0 Å². The van der Waals surface area contributed by atoms with Gasteiger partial charge in [-0.25, -0.2) is 0 Å². The van der Waals surface area contributed by atoms with E-state index in [1.165, 1.54) is 0 Å². The van der Waals surface area contributed by atoms with Gasteiger partial charge in [0.05, 0.1) is 12.7 Å². The van der Waals surface area contributed by atoms with E-state index >= 15 is 0 Å². The second kappa shape index (κ2) is 7.10. The van der Waals surface area contributed by atoms with Crippen LogP contribution in [0.15, 0.2) is 0 Å². The van der Waals surface area contributed by atoms with Gasteiger partial charge in [0.15, 0.2) is 0 Å². The molecule has 0 amide bonds. The zero-order valence-electron chi connectivity index (χ0n) is 7.72. The largest absolute Gasteiger partial charge is 0.389 e. The summed E-state index contributed by atoms with van der Waals surface area (Å²) in [7, 11) is -4.24. The summed E-state index contributed by atoms with van der Waals surface area (Å²) in [6.07, 6.45) is -0.298. The summed E-state index contributed by atoms with van der Waals surface area (Å²) in [5.41, 5.74) is 5.19. The number of nitrogens with two attached hydrogens (primary N) is 1. The fourth-order valence-electron chi connectivity index (χ4n) is 0.665. The maximum absolute atomic E-state index is 10.2. The van der Waals surface area contributed by atoms with Crippen LogP contribution in [0, 0.1) is 0 Å². The van der Waals surface area contributed by atoms with Crippen LogP contribution in [0.1, 0.15) is 6.42 Å². The average molecular weight is 228 g/mol. The van der Waals surface area contributed by atoms with Crippen LogP contribution in [0.25, 0.3) is 0 Å². The normalized spacial score (nSPS) is 14.2. The molecule has 0 bridgehead atoms. The van der Waals surface area contributed by atoms with E-state index in [1.54, 1.807) is 4.72 Å². The first-order valence-electron chi connectivity index (χ1n) is 4.13. The molecule has 86 valence electrons. The summed E-state index contributed by atoms with van der Waals surface area (Å²) in [6, 6.07) is 0. The molecule has 1 unspecified atom stereocenters. The molecule has 0 aliphatic rings. The molecule has 0 spiro atoms. The lowest BCUT2D eigenvalue weighted by Crippen LogP contribution is -2.34. The zero-order chi connectivity index (χ0) is 11.0. The average Bonchev–Trinajstić information content (AvgIpc) is 2.08. The fraction of sp³-hybridized carbons (Fsp3) is 1.00. The van der Waals surface area contributed by atoms with Gasteiger partial charge in [0.1, 0.15) is 0 Å². The second-order valence-electron chi connectivity index (χ2n) is 2.69. The Bertz CT molecular complexity index is 230. The van der Waals surface area contributed by atoms with Crippen LogP contribution in [0.4, 0.5) is 0 Å². The molecule has 1 atom stereocenters. The Morgan fingerprint density at radius 2 is 2.14 bits per heavy atom. The van der Waals surface area contributed by atoms with E-state index in [-0.39, 0.29) is 13.2 Å². The maximum Gasteiger partial charge on any atom is 0.333 e. The number of nitrogens with one attached hydrogen (secondary N) is 1. The van der Waals surface area contributed by atoms with Crippen molar-refractivity contribution in [1.29, 1.82) is 0 Å². The Balaban J connectivity index is 3.42. The molecule has 5 N–H and O–H groups in total. The SMILES string of the molecule is NCCCOCC(O)CNS(=O)(=O)O. The lowest BCUT2D eigenvalue weighted by Gasteiger charge is -2.10. The van der Waals surface area contributed by atoms with Crippen LogP contribution in [0.2, 0.25) is 0 Å². The highest BCUT2D eigenvalue weighted by Gasteiger charge is 2.08. The van der Waals surface area contributed by atoms with Crippen molar-refractivity contribution in [3.63, 3.8) is 0 Å². The van der Waals surface area contributed by atoms with Crippen LogP contribution in [-0.2, 0) is 15.0 Å². The summed E-state index contributed by atoms with van der Waals surface area (Å²) in [4.78, 5) is 0. The predicted molar refractivity (Wildman–Crippen MR) is 50.0 cm³/mol. The van der Waals surface area contributed by atoms with Crippen LogP contribution in [-0.4, -0.2) is 50.5 Å². The molecule has 0 saturated carbocycles. The molecule has 0 aromatic carbocycles. The van der Waals surface area contributed by atoms with Crippen LogP contribution in [0.5, 0.6) is 0 Å². The predicted octanol–water partition coefficient (Wildman–Crippen LogP) is -1.89. The molecule has 0 fully saturated rings. The molecule has 0 radical (unpaired) electrons. The molecule has 0 aliphatic carbocycles. The van der Waals surface area contributed by atoms with Gasteiger partial charge in [-0.15, -0.1) is 0 Å². The van der Waals surface area contributed by atoms with Crippen molar-refractivity contribution in [2.24, 2.45) is 5.73 Å². The number of aliphatic hydroxyl groups is 1. The third kappa shape index (κ3) is 9.84.